The lowest BCUT2D eigenvalue weighted by Crippen LogP contribution is -2.31. The normalized spacial score (nSPS) is 22.6. The van der Waals surface area contributed by atoms with Crippen molar-refractivity contribution in [2.45, 2.75) is 44.2 Å². The van der Waals surface area contributed by atoms with Gasteiger partial charge in [-0.25, -0.2) is 0 Å². The molecule has 20 heavy (non-hydrogen) atoms. The van der Waals surface area contributed by atoms with E-state index in [1.54, 1.807) is 0 Å². The van der Waals surface area contributed by atoms with Crippen molar-refractivity contribution in [1.29, 1.82) is 0 Å². The Morgan fingerprint density at radius 1 is 1.20 bits per heavy atom. The molecular formula is C15H19N3O2. The fraction of sp³-hybridized carbons (Fsp3) is 0.467. The molecule has 1 aliphatic carbocycles. The van der Waals surface area contributed by atoms with Crippen molar-refractivity contribution in [2.24, 2.45) is 5.73 Å². The highest BCUT2D eigenvalue weighted by atomic mass is 16.5. The van der Waals surface area contributed by atoms with Crippen LogP contribution in [0.4, 0.5) is 0 Å². The van der Waals surface area contributed by atoms with Crippen molar-refractivity contribution < 1.29 is 9.26 Å². The molecule has 0 spiro atoms. The van der Waals surface area contributed by atoms with Gasteiger partial charge in [0, 0.05) is 6.04 Å². The molecule has 0 bridgehead atoms. The molecule has 1 aromatic heterocycles. The molecule has 2 aromatic rings. The highest BCUT2D eigenvalue weighted by Gasteiger charge is 2.28. The Hall–Kier alpha value is -1.88. The molecule has 2 atom stereocenters. The van der Waals surface area contributed by atoms with Crippen molar-refractivity contribution >= 4 is 0 Å². The number of ether oxygens (including phenoxy) is 1. The molecule has 1 aliphatic rings. The third-order valence-corrected chi connectivity index (χ3v) is 3.73. The second kappa shape index (κ2) is 6.05. The molecule has 0 aliphatic heterocycles. The summed E-state index contributed by atoms with van der Waals surface area (Å²) in [6.45, 7) is 0.315. The Balaban J connectivity index is 1.62. The number of hydrogen-bond donors (Lipinski definition) is 1. The topological polar surface area (TPSA) is 74.2 Å². The summed E-state index contributed by atoms with van der Waals surface area (Å²) in [6, 6.07) is 9.74. The molecule has 5 nitrogen and oxygen atoms in total. The van der Waals surface area contributed by atoms with Crippen LogP contribution < -0.4 is 10.5 Å². The second-order valence-electron chi connectivity index (χ2n) is 5.21. The molecule has 0 radical (unpaired) electrons. The van der Waals surface area contributed by atoms with Gasteiger partial charge in [-0.15, -0.1) is 0 Å². The van der Waals surface area contributed by atoms with E-state index in [4.69, 9.17) is 15.0 Å². The van der Waals surface area contributed by atoms with Crippen LogP contribution in [0.2, 0.25) is 0 Å². The van der Waals surface area contributed by atoms with Crippen molar-refractivity contribution in [3.05, 3.63) is 42.0 Å². The minimum Gasteiger partial charge on any atom is -0.485 e. The van der Waals surface area contributed by atoms with Crippen LogP contribution in [0.25, 0.3) is 0 Å². The van der Waals surface area contributed by atoms with Gasteiger partial charge in [-0.3, -0.25) is 0 Å². The summed E-state index contributed by atoms with van der Waals surface area (Å²) in [5.41, 5.74) is 6.13. The molecule has 5 heteroatoms. The average molecular weight is 273 g/mol. The molecule has 2 N–H and O–H groups in total. The fourth-order valence-corrected chi connectivity index (χ4v) is 2.61. The molecule has 0 amide bonds. The van der Waals surface area contributed by atoms with Gasteiger partial charge in [-0.1, -0.05) is 36.2 Å². The predicted molar refractivity (Wildman–Crippen MR) is 74.3 cm³/mol. The van der Waals surface area contributed by atoms with Crippen LogP contribution >= 0.6 is 0 Å². The van der Waals surface area contributed by atoms with Crippen LogP contribution in [0, 0.1) is 0 Å². The van der Waals surface area contributed by atoms with Gasteiger partial charge in [0.1, 0.15) is 5.75 Å². The predicted octanol–water partition coefficient (Wildman–Crippen LogP) is 2.63. The summed E-state index contributed by atoms with van der Waals surface area (Å²) < 4.78 is 10.9. The minimum atomic E-state index is 0.132. The summed E-state index contributed by atoms with van der Waals surface area (Å²) in [5, 5.41) is 3.97. The molecule has 0 saturated heterocycles. The zero-order valence-corrected chi connectivity index (χ0v) is 11.4. The van der Waals surface area contributed by atoms with E-state index in [0.717, 1.165) is 18.6 Å². The van der Waals surface area contributed by atoms with Crippen molar-refractivity contribution in [1.82, 2.24) is 10.1 Å². The number of nitrogens with two attached hydrogens (primary N) is 1. The summed E-state index contributed by atoms with van der Waals surface area (Å²) in [5.74, 6) is 2.22. The van der Waals surface area contributed by atoms with E-state index in [1.165, 1.54) is 12.8 Å². The monoisotopic (exact) mass is 273 g/mol. The van der Waals surface area contributed by atoms with Gasteiger partial charge in [-0.2, -0.15) is 4.98 Å². The minimum absolute atomic E-state index is 0.132. The number of benzene rings is 1. The number of para-hydroxylation sites is 1. The van der Waals surface area contributed by atoms with Gasteiger partial charge in [-0.05, 0) is 25.0 Å². The number of nitrogens with zero attached hydrogens (tertiary/aromatic N) is 2. The highest BCUT2D eigenvalue weighted by Crippen LogP contribution is 2.30. The first kappa shape index (κ1) is 13.1. The van der Waals surface area contributed by atoms with Gasteiger partial charge in [0.2, 0.25) is 11.7 Å². The largest absolute Gasteiger partial charge is 0.485 e. The summed E-state index contributed by atoms with van der Waals surface area (Å²) >= 11 is 0. The SMILES string of the molecule is NC1CCCCC1c1nc(COc2ccccc2)no1. The van der Waals surface area contributed by atoms with Crippen LogP contribution in [0.15, 0.2) is 34.9 Å². The Kier molecular flexibility index (Phi) is 3.97. The van der Waals surface area contributed by atoms with Gasteiger partial charge in [0.25, 0.3) is 0 Å². The van der Waals surface area contributed by atoms with Crippen molar-refractivity contribution in [2.75, 3.05) is 0 Å². The Morgan fingerprint density at radius 2 is 2.00 bits per heavy atom. The molecule has 1 heterocycles. The number of hydrogen-bond acceptors (Lipinski definition) is 5. The Labute approximate surface area is 118 Å². The van der Waals surface area contributed by atoms with E-state index in [0.29, 0.717) is 18.3 Å². The Bertz CT molecular complexity index is 541. The highest BCUT2D eigenvalue weighted by molar-refractivity contribution is 5.21. The van der Waals surface area contributed by atoms with E-state index < -0.39 is 0 Å². The lowest BCUT2D eigenvalue weighted by Gasteiger charge is -2.25. The van der Waals surface area contributed by atoms with E-state index >= 15 is 0 Å². The van der Waals surface area contributed by atoms with E-state index in [1.807, 2.05) is 30.3 Å². The van der Waals surface area contributed by atoms with Gasteiger partial charge in [0.05, 0.1) is 5.92 Å². The molecule has 2 unspecified atom stereocenters. The van der Waals surface area contributed by atoms with Crippen molar-refractivity contribution in [3.8, 4) is 5.75 Å². The van der Waals surface area contributed by atoms with Gasteiger partial charge < -0.3 is 15.0 Å². The van der Waals surface area contributed by atoms with Gasteiger partial charge >= 0.3 is 0 Å². The van der Waals surface area contributed by atoms with Crippen LogP contribution in [-0.4, -0.2) is 16.2 Å². The molecular weight excluding hydrogens is 254 g/mol. The van der Waals surface area contributed by atoms with E-state index in [2.05, 4.69) is 10.1 Å². The van der Waals surface area contributed by atoms with E-state index in [-0.39, 0.29) is 12.0 Å². The summed E-state index contributed by atoms with van der Waals surface area (Å²) in [6.07, 6.45) is 4.43. The van der Waals surface area contributed by atoms with Gasteiger partial charge in [0.15, 0.2) is 6.61 Å². The van der Waals surface area contributed by atoms with Crippen LogP contribution in [0.3, 0.4) is 0 Å². The zero-order valence-electron chi connectivity index (χ0n) is 11.4. The van der Waals surface area contributed by atoms with Crippen molar-refractivity contribution in [3.63, 3.8) is 0 Å². The molecule has 106 valence electrons. The summed E-state index contributed by atoms with van der Waals surface area (Å²) in [7, 11) is 0. The molecule has 1 aromatic carbocycles. The third kappa shape index (κ3) is 2.99. The average Bonchev–Trinajstić information content (AvgIpc) is 2.95. The second-order valence-corrected chi connectivity index (χ2v) is 5.21. The van der Waals surface area contributed by atoms with Crippen LogP contribution in [0.5, 0.6) is 5.75 Å². The maximum Gasteiger partial charge on any atom is 0.231 e. The number of aromatic nitrogens is 2. The standard InChI is InChI=1S/C15H19N3O2/c16-13-9-5-4-8-12(13)15-17-14(18-20-15)10-19-11-6-2-1-3-7-11/h1-3,6-7,12-13H,4-5,8-10,16H2. The first-order chi connectivity index (χ1) is 9.83. The summed E-state index contributed by atoms with van der Waals surface area (Å²) in [4.78, 5) is 4.42. The lowest BCUT2D eigenvalue weighted by molar-refractivity contribution is 0.274. The molecule has 3 rings (SSSR count). The maximum atomic E-state index is 6.13. The zero-order chi connectivity index (χ0) is 13.8. The fourth-order valence-electron chi connectivity index (χ4n) is 2.61. The van der Waals surface area contributed by atoms with Crippen LogP contribution in [0.1, 0.15) is 43.3 Å². The molecule has 1 saturated carbocycles. The van der Waals surface area contributed by atoms with E-state index in [9.17, 15) is 0 Å². The lowest BCUT2D eigenvalue weighted by atomic mass is 9.85. The Morgan fingerprint density at radius 3 is 2.80 bits per heavy atom. The maximum absolute atomic E-state index is 6.13. The first-order valence-electron chi connectivity index (χ1n) is 7.09. The molecule has 1 fully saturated rings. The third-order valence-electron chi connectivity index (χ3n) is 3.73. The quantitative estimate of drug-likeness (QED) is 0.927. The first-order valence-corrected chi connectivity index (χ1v) is 7.09. The van der Waals surface area contributed by atoms with Crippen LogP contribution in [-0.2, 0) is 6.61 Å². The number of rotatable bonds is 4. The smallest absolute Gasteiger partial charge is 0.231 e.